The second kappa shape index (κ2) is 20.6. The summed E-state index contributed by atoms with van der Waals surface area (Å²) in [7, 11) is 1.61. The lowest BCUT2D eigenvalue weighted by molar-refractivity contribution is -0.121. The van der Waals surface area contributed by atoms with Crippen molar-refractivity contribution in [1.29, 1.82) is 0 Å². The molecule has 0 heterocycles. The fourth-order valence-electron chi connectivity index (χ4n) is 3.93. The van der Waals surface area contributed by atoms with Gasteiger partial charge in [-0.2, -0.15) is 5.10 Å². The van der Waals surface area contributed by atoms with Crippen LogP contribution >= 0.6 is 0 Å². The maximum absolute atomic E-state index is 12.0. The number of methoxy groups -OCH3 is 1. The maximum Gasteiger partial charge on any atom is 0.240 e. The van der Waals surface area contributed by atoms with Crippen LogP contribution in [0.3, 0.4) is 0 Å². The molecule has 0 aliphatic carbocycles. The fraction of sp³-hybridized carbons (Fsp3) is 0.714. The summed E-state index contributed by atoms with van der Waals surface area (Å²) in [6.07, 6.45) is 22.0. The number of hydrogen-bond donors (Lipinski definition) is 1. The molecule has 33 heavy (non-hydrogen) atoms. The fourth-order valence-corrected chi connectivity index (χ4v) is 3.93. The normalized spacial score (nSPS) is 11.1. The van der Waals surface area contributed by atoms with Crippen molar-refractivity contribution in [1.82, 2.24) is 5.43 Å². The van der Waals surface area contributed by atoms with Gasteiger partial charge in [0.25, 0.3) is 0 Å². The third-order valence-electron chi connectivity index (χ3n) is 5.90. The van der Waals surface area contributed by atoms with E-state index in [-0.39, 0.29) is 5.91 Å². The number of hydrogen-bond acceptors (Lipinski definition) is 4. The summed E-state index contributed by atoms with van der Waals surface area (Å²) < 4.78 is 10.8. The first-order valence-corrected chi connectivity index (χ1v) is 13.3. The lowest BCUT2D eigenvalue weighted by Crippen LogP contribution is -2.16. The van der Waals surface area contributed by atoms with Crippen LogP contribution in [0.25, 0.3) is 0 Å². The van der Waals surface area contributed by atoms with E-state index in [1.807, 2.05) is 25.1 Å². The van der Waals surface area contributed by atoms with Gasteiger partial charge < -0.3 is 9.47 Å². The average Bonchev–Trinajstić information content (AvgIpc) is 2.82. The van der Waals surface area contributed by atoms with Gasteiger partial charge in [-0.15, -0.1) is 0 Å². The van der Waals surface area contributed by atoms with Gasteiger partial charge in [-0.05, 0) is 37.1 Å². The van der Waals surface area contributed by atoms with E-state index in [0.717, 1.165) is 18.4 Å². The molecule has 0 unspecified atom stereocenters. The number of carbonyl (C=O) groups excluding carboxylic acids is 1. The van der Waals surface area contributed by atoms with Gasteiger partial charge in [-0.25, -0.2) is 5.43 Å². The van der Waals surface area contributed by atoms with E-state index in [1.54, 1.807) is 13.3 Å². The zero-order chi connectivity index (χ0) is 24.0. The Balaban J connectivity index is 1.98. The number of hydrazone groups is 1. The zero-order valence-electron chi connectivity index (χ0n) is 21.5. The molecule has 0 aromatic heterocycles. The summed E-state index contributed by atoms with van der Waals surface area (Å²) in [5.74, 6) is 1.33. The largest absolute Gasteiger partial charge is 0.493 e. The van der Waals surface area contributed by atoms with Crippen molar-refractivity contribution in [2.75, 3.05) is 13.7 Å². The van der Waals surface area contributed by atoms with Crippen LogP contribution in [0.15, 0.2) is 23.3 Å². The molecule has 1 rings (SSSR count). The van der Waals surface area contributed by atoms with Crippen molar-refractivity contribution in [3.8, 4) is 11.5 Å². The lowest BCUT2D eigenvalue weighted by Gasteiger charge is -2.09. The van der Waals surface area contributed by atoms with Gasteiger partial charge in [0.1, 0.15) is 0 Å². The average molecular weight is 461 g/mol. The molecule has 0 saturated heterocycles. The van der Waals surface area contributed by atoms with Crippen molar-refractivity contribution < 1.29 is 14.3 Å². The number of rotatable bonds is 21. The number of nitrogens with zero attached hydrogens (tertiary/aromatic N) is 1. The molecule has 0 aliphatic rings. The Labute approximate surface area is 202 Å². The molecular formula is C28H48N2O3. The quantitative estimate of drug-likeness (QED) is 0.116. The van der Waals surface area contributed by atoms with Crippen LogP contribution in [-0.4, -0.2) is 25.8 Å². The number of carbonyl (C=O) groups is 1. The molecule has 1 N–H and O–H groups in total. The molecule has 188 valence electrons. The number of benzene rings is 1. The Kier molecular flexibility index (Phi) is 18.1. The number of ether oxygens (including phenoxy) is 2. The maximum atomic E-state index is 12.0. The van der Waals surface area contributed by atoms with E-state index in [2.05, 4.69) is 17.5 Å². The van der Waals surface area contributed by atoms with Crippen molar-refractivity contribution in [2.24, 2.45) is 5.10 Å². The van der Waals surface area contributed by atoms with Gasteiger partial charge in [0.15, 0.2) is 11.5 Å². The summed E-state index contributed by atoms with van der Waals surface area (Å²) >= 11 is 0. The van der Waals surface area contributed by atoms with Crippen molar-refractivity contribution >= 4 is 12.1 Å². The van der Waals surface area contributed by atoms with Crippen LogP contribution < -0.4 is 14.9 Å². The SMILES string of the molecule is CCCCCCCCCCCCCCCCCC(=O)N/N=C\c1ccc(OCC)c(OC)c1. The summed E-state index contributed by atoms with van der Waals surface area (Å²) in [6, 6.07) is 5.58. The van der Waals surface area contributed by atoms with Gasteiger partial charge in [0.05, 0.1) is 19.9 Å². The summed E-state index contributed by atoms with van der Waals surface area (Å²) in [5, 5.41) is 4.06. The number of amides is 1. The molecule has 0 spiro atoms. The first kappa shape index (κ1) is 29.0. The Bertz CT molecular complexity index is 646. The highest BCUT2D eigenvalue weighted by Crippen LogP contribution is 2.27. The Hall–Kier alpha value is -2.04. The molecule has 1 aromatic rings. The first-order valence-electron chi connectivity index (χ1n) is 13.3. The Morgan fingerprint density at radius 2 is 1.36 bits per heavy atom. The third kappa shape index (κ3) is 15.4. The van der Waals surface area contributed by atoms with Crippen molar-refractivity contribution in [3.63, 3.8) is 0 Å². The standard InChI is InChI=1S/C28H48N2O3/c1-4-6-7-8-9-10-11-12-13-14-15-16-17-18-19-20-28(31)30-29-24-25-21-22-26(33-5-2)27(23-25)32-3/h21-24H,4-20H2,1-3H3,(H,30,31)/b29-24-. The molecule has 0 saturated carbocycles. The third-order valence-corrected chi connectivity index (χ3v) is 5.90. The van der Waals surface area contributed by atoms with Gasteiger partial charge in [-0.3, -0.25) is 4.79 Å². The highest BCUT2D eigenvalue weighted by atomic mass is 16.5. The van der Waals surface area contributed by atoms with Crippen LogP contribution in [0, 0.1) is 0 Å². The topological polar surface area (TPSA) is 59.9 Å². The summed E-state index contributed by atoms with van der Waals surface area (Å²) in [5.41, 5.74) is 3.47. The zero-order valence-corrected chi connectivity index (χ0v) is 21.5. The molecule has 5 nitrogen and oxygen atoms in total. The highest BCUT2D eigenvalue weighted by molar-refractivity contribution is 5.83. The highest BCUT2D eigenvalue weighted by Gasteiger charge is 2.04. The molecule has 0 aliphatic heterocycles. The first-order chi connectivity index (χ1) is 16.2. The van der Waals surface area contributed by atoms with Crippen molar-refractivity contribution in [2.45, 2.75) is 117 Å². The van der Waals surface area contributed by atoms with E-state index >= 15 is 0 Å². The molecule has 0 fully saturated rings. The summed E-state index contributed by atoms with van der Waals surface area (Å²) in [6.45, 7) is 4.79. The smallest absolute Gasteiger partial charge is 0.240 e. The van der Waals surface area contributed by atoms with Gasteiger partial charge in [-0.1, -0.05) is 96.8 Å². The van der Waals surface area contributed by atoms with Crippen LogP contribution in [-0.2, 0) is 4.79 Å². The summed E-state index contributed by atoms with van der Waals surface area (Å²) in [4.78, 5) is 12.0. The molecule has 1 amide bonds. The van der Waals surface area contributed by atoms with Crippen LogP contribution in [0.1, 0.15) is 122 Å². The van der Waals surface area contributed by atoms with Gasteiger partial charge >= 0.3 is 0 Å². The van der Waals surface area contributed by atoms with E-state index < -0.39 is 0 Å². The predicted molar refractivity (Wildman–Crippen MR) is 139 cm³/mol. The molecule has 0 atom stereocenters. The van der Waals surface area contributed by atoms with E-state index in [0.29, 0.717) is 24.5 Å². The van der Waals surface area contributed by atoms with Gasteiger partial charge in [0.2, 0.25) is 5.91 Å². The van der Waals surface area contributed by atoms with Gasteiger partial charge in [0, 0.05) is 6.42 Å². The molecule has 0 bridgehead atoms. The molecule has 5 heteroatoms. The predicted octanol–water partition coefficient (Wildman–Crippen LogP) is 7.81. The van der Waals surface area contributed by atoms with Crippen LogP contribution in [0.5, 0.6) is 11.5 Å². The molecule has 0 radical (unpaired) electrons. The minimum atomic E-state index is -0.0288. The van der Waals surface area contributed by atoms with Crippen molar-refractivity contribution in [3.05, 3.63) is 23.8 Å². The monoisotopic (exact) mass is 460 g/mol. The Morgan fingerprint density at radius 3 is 1.88 bits per heavy atom. The number of nitrogens with one attached hydrogen (secondary N) is 1. The van der Waals surface area contributed by atoms with E-state index in [4.69, 9.17) is 9.47 Å². The second-order valence-electron chi connectivity index (χ2n) is 8.84. The minimum absolute atomic E-state index is 0.0288. The van der Waals surface area contributed by atoms with E-state index in [1.165, 1.54) is 83.5 Å². The van der Waals surface area contributed by atoms with Crippen LogP contribution in [0.4, 0.5) is 0 Å². The second-order valence-corrected chi connectivity index (χ2v) is 8.84. The molecular weight excluding hydrogens is 412 g/mol. The number of unbranched alkanes of at least 4 members (excludes halogenated alkanes) is 14. The minimum Gasteiger partial charge on any atom is -0.493 e. The Morgan fingerprint density at radius 1 is 0.818 bits per heavy atom. The lowest BCUT2D eigenvalue weighted by atomic mass is 10.0. The van der Waals surface area contributed by atoms with E-state index in [9.17, 15) is 4.79 Å². The molecule has 1 aromatic carbocycles. The van der Waals surface area contributed by atoms with Crippen LogP contribution in [0.2, 0.25) is 0 Å².